The molecule has 0 aliphatic rings. The maximum atomic E-state index is 11.6. The molecule has 0 unspecified atom stereocenters. The number of methoxy groups -OCH3 is 2. The molecular weight excluding hydrogens is 266 g/mol. The normalized spacial score (nSPS) is 10.1. The van der Waals surface area contributed by atoms with Gasteiger partial charge in [0.25, 0.3) is 0 Å². The molecule has 1 aromatic carbocycles. The SMILES string of the molecule is CCCc1[nH]c(=O)cc2cc(OC)c(OC)cc12.Cl. The van der Waals surface area contributed by atoms with Gasteiger partial charge in [-0.3, -0.25) is 4.79 Å². The molecule has 0 fully saturated rings. The molecule has 0 saturated carbocycles. The Labute approximate surface area is 118 Å². The third-order valence-corrected chi connectivity index (χ3v) is 2.94. The largest absolute Gasteiger partial charge is 0.493 e. The number of ether oxygens (including phenoxy) is 2. The molecule has 1 aromatic heterocycles. The lowest BCUT2D eigenvalue weighted by Crippen LogP contribution is -2.08. The van der Waals surface area contributed by atoms with Crippen molar-refractivity contribution in [3.63, 3.8) is 0 Å². The highest BCUT2D eigenvalue weighted by molar-refractivity contribution is 5.87. The predicted octanol–water partition coefficient (Wildman–Crippen LogP) is 2.92. The molecule has 2 rings (SSSR count). The number of hydrogen-bond donors (Lipinski definition) is 1. The lowest BCUT2D eigenvalue weighted by atomic mass is 10.1. The zero-order valence-corrected chi connectivity index (χ0v) is 12.1. The van der Waals surface area contributed by atoms with E-state index >= 15 is 0 Å². The van der Waals surface area contributed by atoms with Gasteiger partial charge < -0.3 is 14.5 Å². The molecule has 4 nitrogen and oxygen atoms in total. The van der Waals surface area contributed by atoms with Crippen LogP contribution in [0.4, 0.5) is 0 Å². The Balaban J connectivity index is 0.00000180. The predicted molar refractivity (Wildman–Crippen MR) is 78.9 cm³/mol. The van der Waals surface area contributed by atoms with Crippen molar-refractivity contribution in [1.82, 2.24) is 4.98 Å². The Hall–Kier alpha value is -1.68. The number of pyridine rings is 1. The topological polar surface area (TPSA) is 51.3 Å². The fraction of sp³-hybridized carbons (Fsp3) is 0.357. The van der Waals surface area contributed by atoms with Crippen molar-refractivity contribution in [3.8, 4) is 11.5 Å². The number of fused-ring (bicyclic) bond motifs is 1. The number of H-pyrrole nitrogens is 1. The van der Waals surface area contributed by atoms with E-state index in [9.17, 15) is 4.79 Å². The molecule has 5 heteroatoms. The summed E-state index contributed by atoms with van der Waals surface area (Å²) in [5, 5.41) is 1.88. The van der Waals surface area contributed by atoms with Gasteiger partial charge in [-0.25, -0.2) is 0 Å². The molecule has 0 amide bonds. The average molecular weight is 284 g/mol. The second kappa shape index (κ2) is 6.48. The summed E-state index contributed by atoms with van der Waals surface area (Å²) in [4.78, 5) is 14.5. The number of halogens is 1. The van der Waals surface area contributed by atoms with Crippen LogP contribution in [0, 0.1) is 0 Å². The van der Waals surface area contributed by atoms with Gasteiger partial charge in [-0.2, -0.15) is 0 Å². The first-order chi connectivity index (χ1) is 8.69. The molecule has 0 saturated heterocycles. The molecule has 2 aromatic rings. The van der Waals surface area contributed by atoms with Gasteiger partial charge in [0.15, 0.2) is 11.5 Å². The Morgan fingerprint density at radius 2 is 1.74 bits per heavy atom. The van der Waals surface area contributed by atoms with Crippen LogP contribution < -0.4 is 15.0 Å². The molecule has 0 radical (unpaired) electrons. The highest BCUT2D eigenvalue weighted by atomic mass is 35.5. The Morgan fingerprint density at radius 1 is 1.11 bits per heavy atom. The minimum absolute atomic E-state index is 0. The van der Waals surface area contributed by atoms with Crippen LogP contribution in [0.2, 0.25) is 0 Å². The van der Waals surface area contributed by atoms with Crippen LogP contribution in [0.3, 0.4) is 0 Å². The van der Waals surface area contributed by atoms with Gasteiger partial charge >= 0.3 is 0 Å². The van der Waals surface area contributed by atoms with E-state index in [-0.39, 0.29) is 18.0 Å². The van der Waals surface area contributed by atoms with Crippen molar-refractivity contribution in [2.24, 2.45) is 0 Å². The molecule has 0 aliphatic heterocycles. The first-order valence-corrected chi connectivity index (χ1v) is 5.97. The summed E-state index contributed by atoms with van der Waals surface area (Å²) in [6.45, 7) is 2.08. The van der Waals surface area contributed by atoms with E-state index in [1.54, 1.807) is 20.3 Å². The van der Waals surface area contributed by atoms with Gasteiger partial charge in [0, 0.05) is 17.1 Å². The summed E-state index contributed by atoms with van der Waals surface area (Å²) < 4.78 is 10.5. The summed E-state index contributed by atoms with van der Waals surface area (Å²) in [5.74, 6) is 1.31. The van der Waals surface area contributed by atoms with Crippen molar-refractivity contribution in [3.05, 3.63) is 34.2 Å². The number of aromatic nitrogens is 1. The highest BCUT2D eigenvalue weighted by Crippen LogP contribution is 2.32. The van der Waals surface area contributed by atoms with Gasteiger partial charge in [-0.1, -0.05) is 13.3 Å². The summed E-state index contributed by atoms with van der Waals surface area (Å²) >= 11 is 0. The number of aryl methyl sites for hydroxylation is 1. The second-order valence-corrected chi connectivity index (χ2v) is 4.16. The molecule has 0 bridgehead atoms. The minimum Gasteiger partial charge on any atom is -0.493 e. The third-order valence-electron chi connectivity index (χ3n) is 2.94. The lowest BCUT2D eigenvalue weighted by Gasteiger charge is -2.11. The van der Waals surface area contributed by atoms with E-state index in [1.165, 1.54) is 0 Å². The van der Waals surface area contributed by atoms with E-state index < -0.39 is 0 Å². The number of rotatable bonds is 4. The van der Waals surface area contributed by atoms with Crippen LogP contribution in [-0.2, 0) is 6.42 Å². The third kappa shape index (κ3) is 3.01. The molecule has 19 heavy (non-hydrogen) atoms. The number of nitrogens with one attached hydrogen (secondary N) is 1. The van der Waals surface area contributed by atoms with Gasteiger partial charge in [0.1, 0.15) is 0 Å². The molecule has 0 spiro atoms. The van der Waals surface area contributed by atoms with Gasteiger partial charge in [-0.05, 0) is 23.9 Å². The van der Waals surface area contributed by atoms with Crippen molar-refractivity contribution in [2.45, 2.75) is 19.8 Å². The van der Waals surface area contributed by atoms with E-state index in [1.807, 2.05) is 12.1 Å². The lowest BCUT2D eigenvalue weighted by molar-refractivity contribution is 0.356. The Bertz CT molecular complexity index is 622. The zero-order valence-electron chi connectivity index (χ0n) is 11.3. The molecule has 0 aliphatic carbocycles. The summed E-state index contributed by atoms with van der Waals surface area (Å²) in [6.07, 6.45) is 1.81. The van der Waals surface area contributed by atoms with Crippen molar-refractivity contribution in [1.29, 1.82) is 0 Å². The summed E-state index contributed by atoms with van der Waals surface area (Å²) in [6, 6.07) is 5.33. The van der Waals surface area contributed by atoms with Crippen LogP contribution in [0.15, 0.2) is 23.0 Å². The Kier molecular flexibility index (Phi) is 5.24. The maximum Gasteiger partial charge on any atom is 0.248 e. The quantitative estimate of drug-likeness (QED) is 0.939. The van der Waals surface area contributed by atoms with E-state index in [4.69, 9.17) is 9.47 Å². The zero-order chi connectivity index (χ0) is 13.1. The van der Waals surface area contributed by atoms with Crippen molar-refractivity contribution < 1.29 is 9.47 Å². The first-order valence-electron chi connectivity index (χ1n) is 5.97. The molecule has 104 valence electrons. The first kappa shape index (κ1) is 15.4. The van der Waals surface area contributed by atoms with E-state index in [0.717, 1.165) is 29.3 Å². The maximum absolute atomic E-state index is 11.6. The smallest absolute Gasteiger partial charge is 0.248 e. The van der Waals surface area contributed by atoms with Crippen LogP contribution in [0.5, 0.6) is 11.5 Å². The molecule has 1 N–H and O–H groups in total. The number of hydrogen-bond acceptors (Lipinski definition) is 3. The monoisotopic (exact) mass is 283 g/mol. The Morgan fingerprint density at radius 3 is 2.32 bits per heavy atom. The van der Waals surface area contributed by atoms with Gasteiger partial charge in [0.2, 0.25) is 5.56 Å². The van der Waals surface area contributed by atoms with Crippen LogP contribution in [0.25, 0.3) is 10.8 Å². The fourth-order valence-corrected chi connectivity index (χ4v) is 2.12. The van der Waals surface area contributed by atoms with Crippen LogP contribution in [-0.4, -0.2) is 19.2 Å². The minimum atomic E-state index is -0.0850. The van der Waals surface area contributed by atoms with Crippen LogP contribution in [0.1, 0.15) is 19.0 Å². The van der Waals surface area contributed by atoms with E-state index in [2.05, 4.69) is 11.9 Å². The van der Waals surface area contributed by atoms with Crippen molar-refractivity contribution >= 4 is 23.2 Å². The average Bonchev–Trinajstić information content (AvgIpc) is 2.37. The standard InChI is InChI=1S/C14H17NO3.ClH/c1-4-5-11-10-8-13(18-3)12(17-2)6-9(10)7-14(16)15-11;/h6-8H,4-5H2,1-3H3,(H,15,16);1H. The van der Waals surface area contributed by atoms with E-state index in [0.29, 0.717) is 11.5 Å². The summed E-state index contributed by atoms with van der Waals surface area (Å²) in [7, 11) is 3.19. The summed E-state index contributed by atoms with van der Waals surface area (Å²) in [5.41, 5.74) is 0.860. The van der Waals surface area contributed by atoms with Crippen molar-refractivity contribution in [2.75, 3.05) is 14.2 Å². The molecule has 1 heterocycles. The fourth-order valence-electron chi connectivity index (χ4n) is 2.12. The van der Waals surface area contributed by atoms with Gasteiger partial charge in [0.05, 0.1) is 14.2 Å². The molecule has 0 atom stereocenters. The van der Waals surface area contributed by atoms with Gasteiger partial charge in [-0.15, -0.1) is 12.4 Å². The number of benzene rings is 1. The molecular formula is C14H18ClNO3. The number of aromatic amines is 1. The highest BCUT2D eigenvalue weighted by Gasteiger charge is 2.09. The second-order valence-electron chi connectivity index (χ2n) is 4.16. The van der Waals surface area contributed by atoms with Crippen LogP contribution >= 0.6 is 12.4 Å².